The van der Waals surface area contributed by atoms with Crippen LogP contribution in [-0.2, 0) is 6.42 Å². The lowest BCUT2D eigenvalue weighted by molar-refractivity contribution is 0.0997. The SMILES string of the molecule is N#CCc1nc(-c2cccs2)c(NC(=O)c2ccco2)s1. The smallest absolute Gasteiger partial charge is 0.292 e. The van der Waals surface area contributed by atoms with E-state index in [1.807, 2.05) is 17.5 Å². The molecule has 3 aromatic rings. The summed E-state index contributed by atoms with van der Waals surface area (Å²) in [6.07, 6.45) is 1.67. The van der Waals surface area contributed by atoms with E-state index in [1.54, 1.807) is 12.1 Å². The zero-order valence-electron chi connectivity index (χ0n) is 10.7. The molecule has 0 bridgehead atoms. The minimum absolute atomic E-state index is 0.222. The van der Waals surface area contributed by atoms with Gasteiger partial charge in [0.1, 0.15) is 15.7 Å². The third kappa shape index (κ3) is 2.86. The molecule has 0 atom stereocenters. The summed E-state index contributed by atoms with van der Waals surface area (Å²) in [7, 11) is 0. The Hall–Kier alpha value is -2.43. The molecule has 21 heavy (non-hydrogen) atoms. The van der Waals surface area contributed by atoms with Crippen LogP contribution < -0.4 is 5.32 Å². The number of carbonyl (C=O) groups excluding carboxylic acids is 1. The van der Waals surface area contributed by atoms with Crippen molar-refractivity contribution in [1.29, 1.82) is 5.26 Å². The Morgan fingerprint density at radius 2 is 2.33 bits per heavy atom. The first-order chi connectivity index (χ1) is 10.3. The second-order valence-electron chi connectivity index (χ2n) is 4.03. The highest BCUT2D eigenvalue weighted by Crippen LogP contribution is 2.36. The standard InChI is InChI=1S/C14H9N3O2S2/c15-6-5-11-16-12(10-4-2-8-20-10)14(21-11)17-13(18)9-3-1-7-19-9/h1-4,7-8H,5H2,(H,17,18). The number of hydrogen-bond donors (Lipinski definition) is 1. The lowest BCUT2D eigenvalue weighted by atomic mass is 10.3. The van der Waals surface area contributed by atoms with E-state index in [2.05, 4.69) is 16.4 Å². The Labute approximate surface area is 128 Å². The van der Waals surface area contributed by atoms with Crippen LogP contribution in [0.25, 0.3) is 10.6 Å². The summed E-state index contributed by atoms with van der Waals surface area (Å²) in [6, 6.07) is 9.17. The molecule has 7 heteroatoms. The molecule has 3 rings (SSSR count). The van der Waals surface area contributed by atoms with Gasteiger partial charge in [0.15, 0.2) is 5.76 Å². The molecular weight excluding hydrogens is 306 g/mol. The van der Waals surface area contributed by atoms with E-state index in [0.29, 0.717) is 15.7 Å². The summed E-state index contributed by atoms with van der Waals surface area (Å²) in [5, 5.41) is 14.8. The van der Waals surface area contributed by atoms with Gasteiger partial charge in [0, 0.05) is 0 Å². The van der Waals surface area contributed by atoms with Gasteiger partial charge in [0.25, 0.3) is 5.91 Å². The van der Waals surface area contributed by atoms with Gasteiger partial charge in [-0.2, -0.15) is 5.26 Å². The molecule has 3 heterocycles. The zero-order chi connectivity index (χ0) is 14.7. The zero-order valence-corrected chi connectivity index (χ0v) is 12.3. The van der Waals surface area contributed by atoms with E-state index in [4.69, 9.17) is 9.68 Å². The molecule has 104 valence electrons. The Kier molecular flexibility index (Phi) is 3.81. The predicted octanol–water partition coefficient (Wildman–Crippen LogP) is 3.78. The topological polar surface area (TPSA) is 78.9 Å². The molecule has 0 aliphatic heterocycles. The highest BCUT2D eigenvalue weighted by Gasteiger charge is 2.18. The molecule has 1 N–H and O–H groups in total. The first-order valence-electron chi connectivity index (χ1n) is 6.03. The average Bonchev–Trinajstić information content (AvgIpc) is 3.21. The van der Waals surface area contributed by atoms with E-state index in [1.165, 1.54) is 28.9 Å². The molecule has 5 nitrogen and oxygen atoms in total. The third-order valence-corrected chi connectivity index (χ3v) is 4.48. The molecule has 0 aliphatic carbocycles. The van der Waals surface area contributed by atoms with E-state index < -0.39 is 0 Å². The van der Waals surface area contributed by atoms with Crippen molar-refractivity contribution in [2.45, 2.75) is 6.42 Å². The maximum Gasteiger partial charge on any atom is 0.292 e. The van der Waals surface area contributed by atoms with Crippen molar-refractivity contribution in [3.63, 3.8) is 0 Å². The fourth-order valence-electron chi connectivity index (χ4n) is 1.75. The highest BCUT2D eigenvalue weighted by atomic mass is 32.1. The van der Waals surface area contributed by atoms with Crippen LogP contribution >= 0.6 is 22.7 Å². The number of thiophene rings is 1. The van der Waals surface area contributed by atoms with E-state index in [-0.39, 0.29) is 18.1 Å². The second kappa shape index (κ2) is 5.91. The molecule has 3 aromatic heterocycles. The molecule has 0 unspecified atom stereocenters. The number of hydrogen-bond acceptors (Lipinski definition) is 6. The number of nitriles is 1. The van der Waals surface area contributed by atoms with Crippen LogP contribution in [0.5, 0.6) is 0 Å². The molecule has 0 spiro atoms. The summed E-state index contributed by atoms with van der Waals surface area (Å²) in [6.45, 7) is 0. The monoisotopic (exact) mass is 315 g/mol. The molecule has 0 aliphatic rings. The van der Waals surface area contributed by atoms with Crippen LogP contribution in [0.2, 0.25) is 0 Å². The van der Waals surface area contributed by atoms with Crippen molar-refractivity contribution in [3.05, 3.63) is 46.7 Å². The second-order valence-corrected chi connectivity index (χ2v) is 6.06. The fraction of sp³-hybridized carbons (Fsp3) is 0.0714. The third-order valence-electron chi connectivity index (χ3n) is 2.63. The van der Waals surface area contributed by atoms with Gasteiger partial charge in [-0.1, -0.05) is 17.4 Å². The maximum absolute atomic E-state index is 12.1. The largest absolute Gasteiger partial charge is 0.459 e. The number of rotatable bonds is 4. The van der Waals surface area contributed by atoms with Crippen molar-refractivity contribution in [2.24, 2.45) is 0 Å². The number of amides is 1. The molecular formula is C14H9N3O2S2. The number of aromatic nitrogens is 1. The van der Waals surface area contributed by atoms with Gasteiger partial charge in [-0.25, -0.2) is 4.98 Å². The normalized spacial score (nSPS) is 10.2. The van der Waals surface area contributed by atoms with Crippen molar-refractivity contribution < 1.29 is 9.21 Å². The minimum atomic E-state index is -0.329. The lowest BCUT2D eigenvalue weighted by Gasteiger charge is -2.01. The van der Waals surface area contributed by atoms with Gasteiger partial charge < -0.3 is 9.73 Å². The van der Waals surface area contributed by atoms with E-state index in [0.717, 1.165) is 4.88 Å². The van der Waals surface area contributed by atoms with E-state index in [9.17, 15) is 4.79 Å². The number of carbonyl (C=O) groups is 1. The molecule has 0 aromatic carbocycles. The molecule has 1 amide bonds. The summed E-state index contributed by atoms with van der Waals surface area (Å²) in [5.41, 5.74) is 0.695. The number of furan rings is 1. The fourth-order valence-corrected chi connectivity index (χ4v) is 3.44. The highest BCUT2D eigenvalue weighted by molar-refractivity contribution is 7.18. The van der Waals surface area contributed by atoms with Gasteiger partial charge in [0.2, 0.25) is 0 Å². The van der Waals surface area contributed by atoms with Gasteiger partial charge >= 0.3 is 0 Å². The number of thiazole rings is 1. The number of nitrogens with one attached hydrogen (secondary N) is 1. The Morgan fingerprint density at radius 1 is 1.43 bits per heavy atom. The van der Waals surface area contributed by atoms with Crippen molar-refractivity contribution in [1.82, 2.24) is 4.98 Å². The Balaban J connectivity index is 1.93. The molecule has 0 radical (unpaired) electrons. The first-order valence-corrected chi connectivity index (χ1v) is 7.73. The Bertz CT molecular complexity index is 783. The van der Waals surface area contributed by atoms with Crippen LogP contribution in [0.3, 0.4) is 0 Å². The van der Waals surface area contributed by atoms with Crippen LogP contribution in [0.1, 0.15) is 15.6 Å². The van der Waals surface area contributed by atoms with Gasteiger partial charge in [0.05, 0.1) is 23.6 Å². The summed E-state index contributed by atoms with van der Waals surface area (Å²) in [4.78, 5) is 17.5. The minimum Gasteiger partial charge on any atom is -0.459 e. The molecule has 0 saturated heterocycles. The quantitative estimate of drug-likeness (QED) is 0.794. The van der Waals surface area contributed by atoms with Gasteiger partial charge in [-0.15, -0.1) is 11.3 Å². The van der Waals surface area contributed by atoms with E-state index >= 15 is 0 Å². The van der Waals surface area contributed by atoms with Crippen molar-refractivity contribution in [3.8, 4) is 16.6 Å². The maximum atomic E-state index is 12.1. The van der Waals surface area contributed by atoms with Crippen LogP contribution in [0.15, 0.2) is 40.3 Å². The average molecular weight is 315 g/mol. The van der Waals surface area contributed by atoms with Crippen molar-refractivity contribution >= 4 is 33.6 Å². The summed E-state index contributed by atoms with van der Waals surface area (Å²) in [5.74, 6) is -0.0904. The predicted molar refractivity (Wildman–Crippen MR) is 81.4 cm³/mol. The Morgan fingerprint density at radius 3 is 3.00 bits per heavy atom. The summed E-state index contributed by atoms with van der Waals surface area (Å²) >= 11 is 2.84. The van der Waals surface area contributed by atoms with Gasteiger partial charge in [-0.05, 0) is 23.6 Å². The van der Waals surface area contributed by atoms with Crippen molar-refractivity contribution in [2.75, 3.05) is 5.32 Å². The summed E-state index contributed by atoms with van der Waals surface area (Å²) < 4.78 is 5.07. The van der Waals surface area contributed by atoms with Gasteiger partial charge in [-0.3, -0.25) is 4.79 Å². The number of nitrogens with zero attached hydrogens (tertiary/aromatic N) is 2. The van der Waals surface area contributed by atoms with Crippen LogP contribution in [-0.4, -0.2) is 10.9 Å². The molecule has 0 fully saturated rings. The molecule has 0 saturated carbocycles. The number of anilines is 1. The first kappa shape index (κ1) is 13.5. The van der Waals surface area contributed by atoms with Crippen LogP contribution in [0, 0.1) is 11.3 Å². The van der Waals surface area contributed by atoms with Crippen LogP contribution in [0.4, 0.5) is 5.00 Å². The lowest BCUT2D eigenvalue weighted by Crippen LogP contribution is -2.10.